The predicted octanol–water partition coefficient (Wildman–Crippen LogP) is 3.52. The Hall–Kier alpha value is -2.26. The fourth-order valence-electron chi connectivity index (χ4n) is 4.63. The summed E-state index contributed by atoms with van der Waals surface area (Å²) in [6, 6.07) is 15.6. The predicted molar refractivity (Wildman–Crippen MR) is 128 cm³/mol. The lowest BCUT2D eigenvalue weighted by Crippen LogP contribution is -2.43. The SMILES string of the molecule is O=C(NC[C@H]1CCCCN1)c1sc2ccccc2c1S(=O)(=O)N1CCc2ccccc2C1. The third-order valence-electron chi connectivity index (χ3n) is 6.37. The van der Waals surface area contributed by atoms with Gasteiger partial charge in [0.1, 0.15) is 9.77 Å². The van der Waals surface area contributed by atoms with Crippen LogP contribution in [0.15, 0.2) is 53.4 Å². The van der Waals surface area contributed by atoms with Gasteiger partial charge in [-0.05, 0) is 43.0 Å². The number of amides is 1. The van der Waals surface area contributed by atoms with Crippen LogP contribution < -0.4 is 10.6 Å². The van der Waals surface area contributed by atoms with Crippen LogP contribution in [-0.2, 0) is 23.0 Å². The molecule has 0 unspecified atom stereocenters. The summed E-state index contributed by atoms with van der Waals surface area (Å²) in [6.45, 7) is 2.20. The highest BCUT2D eigenvalue weighted by molar-refractivity contribution is 7.89. The van der Waals surface area contributed by atoms with E-state index >= 15 is 0 Å². The number of hydrogen-bond acceptors (Lipinski definition) is 5. The number of benzene rings is 2. The fourth-order valence-corrected chi connectivity index (χ4v) is 7.83. The third kappa shape index (κ3) is 4.08. The molecule has 3 heterocycles. The first-order valence-corrected chi connectivity index (χ1v) is 13.4. The van der Waals surface area contributed by atoms with E-state index in [-0.39, 0.29) is 21.7 Å². The zero-order chi connectivity index (χ0) is 22.1. The van der Waals surface area contributed by atoms with Crippen molar-refractivity contribution in [1.82, 2.24) is 14.9 Å². The summed E-state index contributed by atoms with van der Waals surface area (Å²) >= 11 is 1.26. The highest BCUT2D eigenvalue weighted by Crippen LogP contribution is 2.37. The second-order valence-electron chi connectivity index (χ2n) is 8.47. The molecule has 2 aliphatic heterocycles. The van der Waals surface area contributed by atoms with Crippen molar-refractivity contribution >= 4 is 37.4 Å². The van der Waals surface area contributed by atoms with Crippen LogP contribution in [-0.4, -0.2) is 44.3 Å². The van der Waals surface area contributed by atoms with Crippen molar-refractivity contribution in [1.29, 1.82) is 0 Å². The van der Waals surface area contributed by atoms with E-state index in [1.807, 2.05) is 36.4 Å². The molecule has 0 radical (unpaired) electrons. The van der Waals surface area contributed by atoms with Crippen LogP contribution in [0.1, 0.15) is 40.1 Å². The standard InChI is InChI=1S/C24H27N3O3S2/c28-24(26-15-19-9-5-6-13-25-19)22-23(20-10-3-4-11-21(20)31-22)32(29,30)27-14-12-17-7-1-2-8-18(17)16-27/h1-4,7-8,10-11,19,25H,5-6,9,12-16H2,(H,26,28)/t19-/m1/s1. The number of carbonyl (C=O) groups excluding carboxylic acids is 1. The highest BCUT2D eigenvalue weighted by Gasteiger charge is 2.35. The molecule has 168 valence electrons. The van der Waals surface area contributed by atoms with E-state index in [1.54, 1.807) is 6.07 Å². The molecule has 3 aromatic rings. The number of piperidine rings is 1. The molecule has 8 heteroatoms. The van der Waals surface area contributed by atoms with Crippen LogP contribution in [0.2, 0.25) is 0 Å². The second kappa shape index (κ2) is 8.94. The minimum Gasteiger partial charge on any atom is -0.350 e. The lowest BCUT2D eigenvalue weighted by atomic mass is 10.0. The zero-order valence-electron chi connectivity index (χ0n) is 17.8. The van der Waals surface area contributed by atoms with Gasteiger partial charge in [0, 0.05) is 35.8 Å². The summed E-state index contributed by atoms with van der Waals surface area (Å²) in [6.07, 6.45) is 3.99. The lowest BCUT2D eigenvalue weighted by molar-refractivity contribution is 0.0949. The average Bonchev–Trinajstić information content (AvgIpc) is 3.23. The Labute approximate surface area is 192 Å². The molecule has 1 aromatic heterocycles. The van der Waals surface area contributed by atoms with E-state index in [0.717, 1.165) is 36.1 Å². The Morgan fingerprint density at radius 1 is 1.09 bits per heavy atom. The first-order valence-electron chi connectivity index (χ1n) is 11.1. The fraction of sp³-hybridized carbons (Fsp3) is 0.375. The Balaban J connectivity index is 1.48. The van der Waals surface area contributed by atoms with Crippen molar-refractivity contribution < 1.29 is 13.2 Å². The van der Waals surface area contributed by atoms with Gasteiger partial charge in [0.25, 0.3) is 5.91 Å². The zero-order valence-corrected chi connectivity index (χ0v) is 19.5. The number of nitrogens with one attached hydrogen (secondary N) is 2. The molecule has 1 amide bonds. The second-order valence-corrected chi connectivity index (χ2v) is 11.4. The molecule has 1 saturated heterocycles. The molecule has 5 rings (SSSR count). The van der Waals surface area contributed by atoms with Crippen LogP contribution in [0.25, 0.3) is 10.1 Å². The summed E-state index contributed by atoms with van der Waals surface area (Å²) in [7, 11) is -3.84. The van der Waals surface area contributed by atoms with Crippen LogP contribution in [0.4, 0.5) is 0 Å². The number of thiophene rings is 1. The molecule has 0 bridgehead atoms. The van der Waals surface area contributed by atoms with Gasteiger partial charge >= 0.3 is 0 Å². The molecule has 1 atom stereocenters. The number of hydrogen-bond donors (Lipinski definition) is 2. The van der Waals surface area contributed by atoms with E-state index in [1.165, 1.54) is 21.2 Å². The van der Waals surface area contributed by atoms with Gasteiger partial charge in [-0.15, -0.1) is 11.3 Å². The van der Waals surface area contributed by atoms with Crippen molar-refractivity contribution in [2.75, 3.05) is 19.6 Å². The molecule has 0 spiro atoms. The van der Waals surface area contributed by atoms with Gasteiger partial charge in [0.15, 0.2) is 0 Å². The molecule has 2 aromatic carbocycles. The van der Waals surface area contributed by atoms with Crippen molar-refractivity contribution in [2.24, 2.45) is 0 Å². The maximum Gasteiger partial charge on any atom is 0.262 e. The highest BCUT2D eigenvalue weighted by atomic mass is 32.2. The van der Waals surface area contributed by atoms with Gasteiger partial charge in [-0.2, -0.15) is 4.31 Å². The molecular formula is C24H27N3O3S2. The monoisotopic (exact) mass is 469 g/mol. The first-order chi connectivity index (χ1) is 15.5. The summed E-state index contributed by atoms with van der Waals surface area (Å²) in [4.78, 5) is 13.6. The van der Waals surface area contributed by atoms with E-state index in [2.05, 4.69) is 16.7 Å². The largest absolute Gasteiger partial charge is 0.350 e. The van der Waals surface area contributed by atoms with Gasteiger partial charge in [0.2, 0.25) is 10.0 Å². The lowest BCUT2D eigenvalue weighted by Gasteiger charge is -2.28. The minimum atomic E-state index is -3.84. The maximum absolute atomic E-state index is 13.8. The molecular weight excluding hydrogens is 442 g/mol. The summed E-state index contributed by atoms with van der Waals surface area (Å²) < 4.78 is 30.0. The summed E-state index contributed by atoms with van der Waals surface area (Å²) in [5.74, 6) is -0.311. The smallest absolute Gasteiger partial charge is 0.262 e. The molecule has 2 N–H and O–H groups in total. The topological polar surface area (TPSA) is 78.5 Å². The first kappa shape index (κ1) is 21.6. The van der Waals surface area contributed by atoms with E-state index in [9.17, 15) is 13.2 Å². The Morgan fingerprint density at radius 2 is 1.88 bits per heavy atom. The average molecular weight is 470 g/mol. The van der Waals surface area contributed by atoms with Gasteiger partial charge in [0.05, 0.1) is 0 Å². The Kier molecular flexibility index (Phi) is 6.03. The quantitative estimate of drug-likeness (QED) is 0.599. The molecule has 1 fully saturated rings. The van der Waals surface area contributed by atoms with Gasteiger partial charge in [-0.3, -0.25) is 4.79 Å². The molecule has 0 aliphatic carbocycles. The van der Waals surface area contributed by atoms with E-state index in [0.29, 0.717) is 31.4 Å². The molecule has 2 aliphatic rings. The number of sulfonamides is 1. The summed E-state index contributed by atoms with van der Waals surface area (Å²) in [5.41, 5.74) is 2.21. The van der Waals surface area contributed by atoms with Crippen LogP contribution in [0.5, 0.6) is 0 Å². The normalized spacial score (nSPS) is 19.6. The molecule has 32 heavy (non-hydrogen) atoms. The van der Waals surface area contributed by atoms with E-state index < -0.39 is 10.0 Å². The van der Waals surface area contributed by atoms with Gasteiger partial charge in [-0.1, -0.05) is 48.9 Å². The van der Waals surface area contributed by atoms with Crippen LogP contribution in [0.3, 0.4) is 0 Å². The number of carbonyl (C=O) groups is 1. The van der Waals surface area contributed by atoms with Crippen molar-refractivity contribution in [3.8, 4) is 0 Å². The third-order valence-corrected chi connectivity index (χ3v) is 9.60. The maximum atomic E-state index is 13.8. The number of nitrogens with zero attached hydrogens (tertiary/aromatic N) is 1. The van der Waals surface area contributed by atoms with Crippen molar-refractivity contribution in [2.45, 2.75) is 43.2 Å². The molecule has 0 saturated carbocycles. The summed E-state index contributed by atoms with van der Waals surface area (Å²) in [5, 5.41) is 7.03. The number of rotatable bonds is 5. The van der Waals surface area contributed by atoms with Crippen LogP contribution in [0, 0.1) is 0 Å². The Morgan fingerprint density at radius 3 is 2.69 bits per heavy atom. The Bertz CT molecular complexity index is 1250. The van der Waals surface area contributed by atoms with Crippen molar-refractivity contribution in [3.63, 3.8) is 0 Å². The van der Waals surface area contributed by atoms with Crippen molar-refractivity contribution in [3.05, 3.63) is 64.5 Å². The van der Waals surface area contributed by atoms with Gasteiger partial charge < -0.3 is 10.6 Å². The van der Waals surface area contributed by atoms with Gasteiger partial charge in [-0.25, -0.2) is 8.42 Å². The minimum absolute atomic E-state index is 0.145. The van der Waals surface area contributed by atoms with Crippen LogP contribution >= 0.6 is 11.3 Å². The number of fused-ring (bicyclic) bond motifs is 2. The molecule has 6 nitrogen and oxygen atoms in total. The van der Waals surface area contributed by atoms with E-state index in [4.69, 9.17) is 0 Å².